The van der Waals surface area contributed by atoms with E-state index >= 15 is 0 Å². The van der Waals surface area contributed by atoms with Crippen LogP contribution in [0.1, 0.15) is 23.3 Å². The maximum absolute atomic E-state index is 12.4. The van der Waals surface area contributed by atoms with Gasteiger partial charge < -0.3 is 14.6 Å². The second kappa shape index (κ2) is 5.56. The Hall–Kier alpha value is -1.93. The molecule has 0 spiro atoms. The monoisotopic (exact) mass is 349 g/mol. The van der Waals surface area contributed by atoms with Gasteiger partial charge in [-0.25, -0.2) is 8.42 Å². The lowest BCUT2D eigenvalue weighted by Crippen LogP contribution is -2.47. The van der Waals surface area contributed by atoms with E-state index in [-0.39, 0.29) is 22.7 Å². The lowest BCUT2D eigenvalue weighted by atomic mass is 9.97. The molecule has 2 aromatic heterocycles. The Morgan fingerprint density at radius 2 is 2.21 bits per heavy atom. The Kier molecular flexibility index (Phi) is 3.61. The van der Waals surface area contributed by atoms with Crippen LogP contribution in [0.15, 0.2) is 27.8 Å². The minimum Gasteiger partial charge on any atom is -0.445 e. The van der Waals surface area contributed by atoms with Gasteiger partial charge in [-0.1, -0.05) is 0 Å². The van der Waals surface area contributed by atoms with Crippen LogP contribution in [0.5, 0.6) is 0 Å². The molecular weight excluding hydrogens is 330 g/mol. The number of pyridine rings is 1. The zero-order valence-electron chi connectivity index (χ0n) is 13.4. The minimum absolute atomic E-state index is 0.117. The first-order valence-corrected chi connectivity index (χ1v) is 9.90. The van der Waals surface area contributed by atoms with Crippen LogP contribution in [0, 0.1) is 5.92 Å². The lowest BCUT2D eigenvalue weighted by Gasteiger charge is -2.30. The summed E-state index contributed by atoms with van der Waals surface area (Å²) in [5, 5.41) is 3.48. The standard InChI is InChI=1S/C16H19N3O4S/c1-24(21,22)15-5-11-7-17-13(6-14(11)23-15)16(20)18-12-4-10-2-3-19(8-10)9-12/h5-7,10,12H,2-4,8-9H2,1H3,(H,18,20)/t10?,12-/m1/s1. The molecule has 2 saturated heterocycles. The average molecular weight is 349 g/mol. The Labute approximate surface area is 139 Å². The normalized spacial score (nSPS) is 26.6. The summed E-state index contributed by atoms with van der Waals surface area (Å²) in [6, 6.07) is 3.06. The van der Waals surface area contributed by atoms with Gasteiger partial charge in [0, 0.05) is 49.1 Å². The first-order chi connectivity index (χ1) is 11.4. The van der Waals surface area contributed by atoms with Crippen LogP contribution in [0.25, 0.3) is 11.0 Å². The number of hydrogen-bond donors (Lipinski definition) is 1. The molecule has 4 rings (SSSR count). The van der Waals surface area contributed by atoms with E-state index in [1.165, 1.54) is 24.8 Å². The fraction of sp³-hybridized carbons (Fsp3) is 0.500. The van der Waals surface area contributed by atoms with Crippen molar-refractivity contribution in [2.75, 3.05) is 25.9 Å². The molecule has 1 N–H and O–H groups in total. The zero-order valence-corrected chi connectivity index (χ0v) is 14.2. The lowest BCUT2D eigenvalue weighted by molar-refractivity contribution is 0.0904. The van der Waals surface area contributed by atoms with Crippen molar-refractivity contribution in [2.24, 2.45) is 5.92 Å². The van der Waals surface area contributed by atoms with Crippen molar-refractivity contribution in [1.82, 2.24) is 15.2 Å². The Balaban J connectivity index is 1.54. The predicted octanol–water partition coefficient (Wildman–Crippen LogP) is 1.06. The Morgan fingerprint density at radius 1 is 1.38 bits per heavy atom. The van der Waals surface area contributed by atoms with E-state index in [1.54, 1.807) is 0 Å². The van der Waals surface area contributed by atoms with Gasteiger partial charge in [0.05, 0.1) is 0 Å². The molecule has 2 bridgehead atoms. The van der Waals surface area contributed by atoms with E-state index in [0.717, 1.165) is 32.3 Å². The van der Waals surface area contributed by atoms with Gasteiger partial charge in [0.15, 0.2) is 0 Å². The van der Waals surface area contributed by atoms with Gasteiger partial charge in [0.1, 0.15) is 11.3 Å². The van der Waals surface area contributed by atoms with E-state index in [1.807, 2.05) is 0 Å². The molecule has 2 aliphatic heterocycles. The van der Waals surface area contributed by atoms with Crippen LogP contribution >= 0.6 is 0 Å². The van der Waals surface area contributed by atoms with Crippen LogP contribution in [0.2, 0.25) is 0 Å². The number of carbonyl (C=O) groups is 1. The van der Waals surface area contributed by atoms with Crippen molar-refractivity contribution >= 4 is 26.7 Å². The third-order valence-electron chi connectivity index (χ3n) is 4.78. The molecular formula is C16H19N3O4S. The number of rotatable bonds is 3. The highest BCUT2D eigenvalue weighted by Crippen LogP contribution is 2.27. The molecule has 8 heteroatoms. The number of aromatic nitrogens is 1. The molecule has 0 aromatic carbocycles. The van der Waals surface area contributed by atoms with Gasteiger partial charge in [-0.15, -0.1) is 0 Å². The van der Waals surface area contributed by atoms with E-state index in [4.69, 9.17) is 4.42 Å². The smallest absolute Gasteiger partial charge is 0.270 e. The molecule has 7 nitrogen and oxygen atoms in total. The molecule has 2 unspecified atom stereocenters. The van der Waals surface area contributed by atoms with Gasteiger partial charge >= 0.3 is 0 Å². The summed E-state index contributed by atoms with van der Waals surface area (Å²) in [6.45, 7) is 3.13. The number of amides is 1. The molecule has 0 radical (unpaired) electrons. The third-order valence-corrected chi connectivity index (χ3v) is 5.71. The summed E-state index contributed by atoms with van der Waals surface area (Å²) < 4.78 is 28.4. The predicted molar refractivity (Wildman–Crippen MR) is 87.5 cm³/mol. The fourth-order valence-corrected chi connectivity index (χ4v) is 4.22. The molecule has 24 heavy (non-hydrogen) atoms. The number of carbonyl (C=O) groups excluding carboxylic acids is 1. The summed E-state index contributed by atoms with van der Waals surface area (Å²) in [7, 11) is -3.43. The van der Waals surface area contributed by atoms with Crippen molar-refractivity contribution in [3.05, 3.63) is 24.0 Å². The number of furan rings is 1. The quantitative estimate of drug-likeness (QED) is 0.891. The second-order valence-corrected chi connectivity index (χ2v) is 8.71. The minimum atomic E-state index is -3.43. The number of nitrogens with zero attached hydrogens (tertiary/aromatic N) is 2. The van der Waals surface area contributed by atoms with Crippen molar-refractivity contribution in [2.45, 2.75) is 24.0 Å². The second-order valence-electron chi connectivity index (χ2n) is 6.77. The number of sulfone groups is 1. The van der Waals surface area contributed by atoms with Crippen LogP contribution in [-0.2, 0) is 9.84 Å². The van der Waals surface area contributed by atoms with Gasteiger partial charge in [-0.3, -0.25) is 9.78 Å². The number of nitrogens with one attached hydrogen (secondary N) is 1. The molecule has 1 amide bonds. The summed E-state index contributed by atoms with van der Waals surface area (Å²) in [6.07, 6.45) is 4.76. The average Bonchev–Trinajstić information content (AvgIpc) is 3.09. The molecule has 3 atom stereocenters. The summed E-state index contributed by atoms with van der Waals surface area (Å²) >= 11 is 0. The summed E-state index contributed by atoms with van der Waals surface area (Å²) in [5.74, 6) is 0.420. The van der Waals surface area contributed by atoms with Crippen molar-refractivity contribution in [3.63, 3.8) is 0 Å². The van der Waals surface area contributed by atoms with Crippen LogP contribution in [-0.4, -0.2) is 56.1 Å². The first kappa shape index (κ1) is 15.6. The van der Waals surface area contributed by atoms with E-state index in [2.05, 4.69) is 15.2 Å². The Bertz CT molecular complexity index is 893. The van der Waals surface area contributed by atoms with E-state index in [0.29, 0.717) is 16.9 Å². The fourth-order valence-electron chi connectivity index (χ4n) is 3.64. The molecule has 0 saturated carbocycles. The highest BCUT2D eigenvalue weighted by molar-refractivity contribution is 7.90. The van der Waals surface area contributed by atoms with Gasteiger partial charge in [-0.2, -0.15) is 0 Å². The van der Waals surface area contributed by atoms with Crippen molar-refractivity contribution in [1.29, 1.82) is 0 Å². The molecule has 0 aliphatic carbocycles. The topological polar surface area (TPSA) is 92.5 Å². The maximum atomic E-state index is 12.4. The molecule has 4 heterocycles. The SMILES string of the molecule is CS(=O)(=O)c1cc2cnc(C(=O)N[C@@H]3CC4CCN(C4)C3)cc2o1. The van der Waals surface area contributed by atoms with Crippen molar-refractivity contribution < 1.29 is 17.6 Å². The van der Waals surface area contributed by atoms with E-state index < -0.39 is 9.84 Å². The zero-order chi connectivity index (χ0) is 16.9. The van der Waals surface area contributed by atoms with Crippen molar-refractivity contribution in [3.8, 4) is 0 Å². The first-order valence-electron chi connectivity index (χ1n) is 8.01. The van der Waals surface area contributed by atoms with Crippen LogP contribution in [0.3, 0.4) is 0 Å². The molecule has 128 valence electrons. The molecule has 2 fully saturated rings. The van der Waals surface area contributed by atoms with Crippen LogP contribution in [0.4, 0.5) is 0 Å². The highest BCUT2D eigenvalue weighted by Gasteiger charge is 2.33. The highest BCUT2D eigenvalue weighted by atomic mass is 32.2. The maximum Gasteiger partial charge on any atom is 0.270 e. The number of piperidine rings is 1. The number of fused-ring (bicyclic) bond motifs is 3. The summed E-state index contributed by atoms with van der Waals surface area (Å²) in [4.78, 5) is 19.0. The van der Waals surface area contributed by atoms with Gasteiger partial charge in [0.2, 0.25) is 14.9 Å². The van der Waals surface area contributed by atoms with Gasteiger partial charge in [-0.05, 0) is 25.3 Å². The third kappa shape index (κ3) is 2.91. The van der Waals surface area contributed by atoms with E-state index in [9.17, 15) is 13.2 Å². The Morgan fingerprint density at radius 3 is 2.96 bits per heavy atom. The largest absolute Gasteiger partial charge is 0.445 e. The number of hydrogen-bond acceptors (Lipinski definition) is 6. The molecule has 2 aliphatic rings. The van der Waals surface area contributed by atoms with Crippen LogP contribution < -0.4 is 5.32 Å². The summed E-state index contributed by atoms with van der Waals surface area (Å²) in [5.41, 5.74) is 0.591. The molecule has 2 aromatic rings. The van der Waals surface area contributed by atoms with Gasteiger partial charge in [0.25, 0.3) is 5.91 Å².